The topological polar surface area (TPSA) is 92.7 Å². The number of hydrogen-bond acceptors (Lipinski definition) is 6. The Morgan fingerprint density at radius 2 is 1.81 bits per heavy atom. The summed E-state index contributed by atoms with van der Waals surface area (Å²) in [6.45, 7) is 5.44. The number of carbonyl (C=O) groups is 1. The lowest BCUT2D eigenvalue weighted by atomic mass is 9.96. The molecule has 1 amide bonds. The molecule has 4 aromatic rings. The van der Waals surface area contributed by atoms with E-state index in [0.717, 1.165) is 5.39 Å². The molecule has 0 bridgehead atoms. The number of hydrogen-bond donors (Lipinski definition) is 2. The van der Waals surface area contributed by atoms with Gasteiger partial charge in [-0.25, -0.2) is 24.3 Å². The largest absolute Gasteiger partial charge is 0.339 e. The molecule has 32 heavy (non-hydrogen) atoms. The van der Waals surface area contributed by atoms with Gasteiger partial charge in [0.2, 0.25) is 5.91 Å². The highest BCUT2D eigenvalue weighted by atomic mass is 35.5. The van der Waals surface area contributed by atoms with Gasteiger partial charge in [0.25, 0.3) is 0 Å². The molecule has 0 saturated carbocycles. The quantitative estimate of drug-likeness (QED) is 0.420. The Bertz CT molecular complexity index is 1320. The number of anilines is 3. The molecule has 0 aliphatic heterocycles. The summed E-state index contributed by atoms with van der Waals surface area (Å²) < 4.78 is 14.5. The SMILES string of the molecule is CC(C)(C)C(=O)Nc1cc(Nc2cc(-c3cc(Cl)ccc3F)nc3ncccc23)ncn1. The van der Waals surface area contributed by atoms with Crippen LogP contribution in [0.2, 0.25) is 5.02 Å². The van der Waals surface area contributed by atoms with Crippen molar-refractivity contribution in [3.8, 4) is 11.3 Å². The van der Waals surface area contributed by atoms with Crippen LogP contribution < -0.4 is 10.6 Å². The molecule has 0 radical (unpaired) electrons. The van der Waals surface area contributed by atoms with Crippen LogP contribution in [0.1, 0.15) is 20.8 Å². The van der Waals surface area contributed by atoms with Crippen LogP contribution >= 0.6 is 11.6 Å². The number of fused-ring (bicyclic) bond motifs is 1. The van der Waals surface area contributed by atoms with Crippen LogP contribution in [0.4, 0.5) is 21.7 Å². The Labute approximate surface area is 189 Å². The predicted octanol–water partition coefficient (Wildman–Crippen LogP) is 5.61. The van der Waals surface area contributed by atoms with E-state index in [0.29, 0.717) is 33.7 Å². The smallest absolute Gasteiger partial charge is 0.230 e. The zero-order valence-corrected chi connectivity index (χ0v) is 18.4. The second-order valence-corrected chi connectivity index (χ2v) is 8.61. The minimum absolute atomic E-state index is 0.167. The molecule has 0 atom stereocenters. The number of aromatic nitrogens is 4. The monoisotopic (exact) mass is 450 g/mol. The van der Waals surface area contributed by atoms with E-state index in [1.54, 1.807) is 24.4 Å². The van der Waals surface area contributed by atoms with Gasteiger partial charge in [-0.05, 0) is 36.4 Å². The number of pyridine rings is 2. The molecule has 3 aromatic heterocycles. The van der Waals surface area contributed by atoms with Crippen LogP contribution in [0.5, 0.6) is 0 Å². The first-order valence-corrected chi connectivity index (χ1v) is 10.2. The van der Waals surface area contributed by atoms with Crippen molar-refractivity contribution in [1.29, 1.82) is 0 Å². The minimum atomic E-state index is -0.568. The van der Waals surface area contributed by atoms with E-state index in [9.17, 15) is 9.18 Å². The van der Waals surface area contributed by atoms with Crippen LogP contribution in [0, 0.1) is 11.2 Å². The molecule has 162 valence electrons. The molecule has 7 nitrogen and oxygen atoms in total. The van der Waals surface area contributed by atoms with Crippen LogP contribution in [0.15, 0.2) is 55.0 Å². The molecule has 0 aliphatic rings. The molecule has 9 heteroatoms. The van der Waals surface area contributed by atoms with Gasteiger partial charge < -0.3 is 10.6 Å². The molecule has 4 rings (SSSR count). The van der Waals surface area contributed by atoms with Gasteiger partial charge in [-0.2, -0.15) is 0 Å². The summed E-state index contributed by atoms with van der Waals surface area (Å²) >= 11 is 6.07. The van der Waals surface area contributed by atoms with Gasteiger partial charge in [0.05, 0.1) is 11.4 Å². The van der Waals surface area contributed by atoms with E-state index in [-0.39, 0.29) is 11.5 Å². The van der Waals surface area contributed by atoms with Crippen LogP contribution in [0.3, 0.4) is 0 Å². The lowest BCUT2D eigenvalue weighted by molar-refractivity contribution is -0.123. The standard InChI is InChI=1S/C23H20ClFN6O/c1-23(2,3)22(32)31-20-11-19(27-12-28-20)29-17-10-18(15-9-13(24)6-7-16(15)25)30-21-14(17)5-4-8-26-21/h4-12H,1-3H3,(H2,26,27,28,29,30,31,32). The molecular weight excluding hydrogens is 431 g/mol. The first-order chi connectivity index (χ1) is 15.2. The van der Waals surface area contributed by atoms with E-state index in [1.165, 1.54) is 24.5 Å². The number of rotatable bonds is 4. The van der Waals surface area contributed by atoms with E-state index in [2.05, 4.69) is 30.6 Å². The van der Waals surface area contributed by atoms with Gasteiger partial charge in [-0.3, -0.25) is 4.79 Å². The summed E-state index contributed by atoms with van der Waals surface area (Å²) in [6.07, 6.45) is 2.96. The molecule has 0 saturated heterocycles. The van der Waals surface area contributed by atoms with Crippen molar-refractivity contribution in [2.45, 2.75) is 20.8 Å². The summed E-state index contributed by atoms with van der Waals surface area (Å²) in [7, 11) is 0. The third-order valence-electron chi connectivity index (χ3n) is 4.64. The number of carbonyl (C=O) groups excluding carboxylic acids is 1. The highest BCUT2D eigenvalue weighted by Gasteiger charge is 2.21. The molecule has 0 unspecified atom stereocenters. The van der Waals surface area contributed by atoms with Gasteiger partial charge in [-0.15, -0.1) is 0 Å². The maximum atomic E-state index is 14.5. The van der Waals surface area contributed by atoms with Gasteiger partial charge in [0.1, 0.15) is 23.8 Å². The normalized spacial score (nSPS) is 11.4. The molecule has 3 heterocycles. The van der Waals surface area contributed by atoms with Crippen LogP contribution in [-0.4, -0.2) is 25.8 Å². The van der Waals surface area contributed by atoms with Crippen LogP contribution in [-0.2, 0) is 4.79 Å². The van der Waals surface area contributed by atoms with E-state index in [4.69, 9.17) is 11.6 Å². The van der Waals surface area contributed by atoms with E-state index in [1.807, 2.05) is 26.8 Å². The van der Waals surface area contributed by atoms with Crippen molar-refractivity contribution in [1.82, 2.24) is 19.9 Å². The predicted molar refractivity (Wildman–Crippen MR) is 123 cm³/mol. The first kappa shape index (κ1) is 21.6. The average molecular weight is 451 g/mol. The van der Waals surface area contributed by atoms with Gasteiger partial charge >= 0.3 is 0 Å². The maximum Gasteiger partial charge on any atom is 0.230 e. The second-order valence-electron chi connectivity index (χ2n) is 8.17. The highest BCUT2D eigenvalue weighted by Crippen LogP contribution is 2.32. The van der Waals surface area contributed by atoms with Crippen molar-refractivity contribution in [2.24, 2.45) is 5.41 Å². The Kier molecular flexibility index (Phi) is 5.71. The van der Waals surface area contributed by atoms with Crippen molar-refractivity contribution in [2.75, 3.05) is 10.6 Å². The molecule has 2 N–H and O–H groups in total. The molecule has 0 spiro atoms. The summed E-state index contributed by atoms with van der Waals surface area (Å²) in [5.41, 5.74) is 1.11. The number of amides is 1. The number of halogens is 2. The second kappa shape index (κ2) is 8.47. The molecule has 0 aliphatic carbocycles. The Balaban J connectivity index is 1.74. The fraction of sp³-hybridized carbons (Fsp3) is 0.174. The van der Waals surface area contributed by atoms with Crippen LogP contribution in [0.25, 0.3) is 22.3 Å². The lowest BCUT2D eigenvalue weighted by Crippen LogP contribution is -2.28. The Morgan fingerprint density at radius 1 is 1.03 bits per heavy atom. The van der Waals surface area contributed by atoms with Crippen molar-refractivity contribution < 1.29 is 9.18 Å². The minimum Gasteiger partial charge on any atom is -0.339 e. The zero-order valence-electron chi connectivity index (χ0n) is 17.6. The number of benzene rings is 1. The number of nitrogens with zero attached hydrogens (tertiary/aromatic N) is 4. The third kappa shape index (κ3) is 4.65. The molecule has 1 aromatic carbocycles. The summed E-state index contributed by atoms with van der Waals surface area (Å²) in [4.78, 5) is 29.4. The lowest BCUT2D eigenvalue weighted by Gasteiger charge is -2.17. The molecular formula is C23H20ClFN6O. The summed E-state index contributed by atoms with van der Waals surface area (Å²) in [5, 5.41) is 7.10. The third-order valence-corrected chi connectivity index (χ3v) is 4.88. The average Bonchev–Trinajstić information content (AvgIpc) is 2.75. The van der Waals surface area contributed by atoms with Crippen molar-refractivity contribution in [3.05, 3.63) is 65.8 Å². The van der Waals surface area contributed by atoms with Gasteiger partial charge in [0.15, 0.2) is 5.65 Å². The fourth-order valence-corrected chi connectivity index (χ4v) is 3.10. The highest BCUT2D eigenvalue weighted by molar-refractivity contribution is 6.30. The first-order valence-electron chi connectivity index (χ1n) is 9.82. The van der Waals surface area contributed by atoms with Crippen molar-refractivity contribution in [3.63, 3.8) is 0 Å². The maximum absolute atomic E-state index is 14.5. The zero-order chi connectivity index (χ0) is 22.9. The summed E-state index contributed by atoms with van der Waals surface area (Å²) in [5.74, 6) is 0.190. The van der Waals surface area contributed by atoms with Gasteiger partial charge in [0, 0.05) is 33.7 Å². The number of nitrogens with one attached hydrogen (secondary N) is 2. The van der Waals surface area contributed by atoms with Crippen molar-refractivity contribution >= 4 is 45.9 Å². The Morgan fingerprint density at radius 3 is 2.59 bits per heavy atom. The van der Waals surface area contributed by atoms with E-state index >= 15 is 0 Å². The van der Waals surface area contributed by atoms with Gasteiger partial charge in [-0.1, -0.05) is 32.4 Å². The summed E-state index contributed by atoms with van der Waals surface area (Å²) in [6, 6.07) is 11.2. The van der Waals surface area contributed by atoms with E-state index < -0.39 is 11.2 Å². The Hall–Kier alpha value is -3.65. The fourth-order valence-electron chi connectivity index (χ4n) is 2.93. The molecule has 0 fully saturated rings.